The van der Waals surface area contributed by atoms with E-state index in [1.54, 1.807) is 0 Å². The highest BCUT2D eigenvalue weighted by atomic mass is 16.3. The van der Waals surface area contributed by atoms with E-state index < -0.39 is 5.54 Å². The number of hydrogen-bond donors (Lipinski definition) is 2. The first-order valence-corrected chi connectivity index (χ1v) is 5.65. The first kappa shape index (κ1) is 10.7. The highest BCUT2D eigenvalue weighted by Crippen LogP contribution is 2.28. The molecule has 0 aromatic heterocycles. The molecule has 0 saturated carbocycles. The Labute approximate surface area is 91.1 Å². The zero-order valence-electron chi connectivity index (χ0n) is 9.29. The molecule has 2 heteroatoms. The molecule has 0 heterocycles. The van der Waals surface area contributed by atoms with Gasteiger partial charge in [0.2, 0.25) is 0 Å². The molecule has 2 nitrogen and oxygen atoms in total. The van der Waals surface area contributed by atoms with Gasteiger partial charge in [-0.25, -0.2) is 0 Å². The summed E-state index contributed by atoms with van der Waals surface area (Å²) in [7, 11) is 0. The van der Waals surface area contributed by atoms with E-state index in [-0.39, 0.29) is 6.61 Å². The molecular weight excluding hydrogens is 186 g/mol. The van der Waals surface area contributed by atoms with Gasteiger partial charge >= 0.3 is 0 Å². The molecule has 0 bridgehead atoms. The average Bonchev–Trinajstić information content (AvgIpc) is 2.63. The summed E-state index contributed by atoms with van der Waals surface area (Å²) in [6.07, 6.45) is 4.27. The van der Waals surface area contributed by atoms with Gasteiger partial charge in [-0.05, 0) is 49.3 Å². The topological polar surface area (TPSA) is 46.2 Å². The first-order chi connectivity index (χ1) is 7.13. The van der Waals surface area contributed by atoms with E-state index in [1.807, 2.05) is 6.92 Å². The summed E-state index contributed by atoms with van der Waals surface area (Å²) in [6, 6.07) is 6.53. The predicted octanol–water partition coefficient (Wildman–Crippen LogP) is 1.73. The van der Waals surface area contributed by atoms with Crippen molar-refractivity contribution in [3.63, 3.8) is 0 Å². The molecule has 1 aromatic rings. The molecule has 0 saturated heterocycles. The van der Waals surface area contributed by atoms with Crippen molar-refractivity contribution in [2.75, 3.05) is 6.61 Å². The number of nitrogens with two attached hydrogens (primary N) is 1. The second-order valence-corrected chi connectivity index (χ2v) is 4.73. The summed E-state index contributed by atoms with van der Waals surface area (Å²) in [4.78, 5) is 0. The van der Waals surface area contributed by atoms with Crippen LogP contribution in [0.3, 0.4) is 0 Å². The molecule has 1 aliphatic rings. The zero-order valence-corrected chi connectivity index (χ0v) is 9.29. The van der Waals surface area contributed by atoms with Crippen LogP contribution in [0, 0.1) is 0 Å². The highest BCUT2D eigenvalue weighted by Gasteiger charge is 2.22. The molecular formula is C13H19NO. The smallest absolute Gasteiger partial charge is 0.0451 e. The Morgan fingerprint density at radius 3 is 2.80 bits per heavy atom. The van der Waals surface area contributed by atoms with Crippen molar-refractivity contribution in [3.05, 3.63) is 34.9 Å². The van der Waals surface area contributed by atoms with Gasteiger partial charge in [-0.2, -0.15) is 0 Å². The molecule has 82 valence electrons. The minimum Gasteiger partial charge on any atom is -0.396 e. The number of rotatable bonds is 3. The van der Waals surface area contributed by atoms with Crippen LogP contribution in [0.5, 0.6) is 0 Å². The fourth-order valence-corrected chi connectivity index (χ4v) is 2.30. The van der Waals surface area contributed by atoms with Crippen LogP contribution in [-0.2, 0) is 18.4 Å². The maximum Gasteiger partial charge on any atom is 0.0451 e. The summed E-state index contributed by atoms with van der Waals surface area (Å²) in [5.41, 5.74) is 9.85. The van der Waals surface area contributed by atoms with Crippen LogP contribution >= 0.6 is 0 Å². The van der Waals surface area contributed by atoms with E-state index in [0.29, 0.717) is 6.42 Å². The van der Waals surface area contributed by atoms with Crippen LogP contribution in [0.4, 0.5) is 0 Å². The van der Waals surface area contributed by atoms with Gasteiger partial charge in [0.15, 0.2) is 0 Å². The maximum absolute atomic E-state index is 8.98. The van der Waals surface area contributed by atoms with Crippen LogP contribution in [0.1, 0.15) is 36.5 Å². The molecule has 1 aromatic carbocycles. The summed E-state index contributed by atoms with van der Waals surface area (Å²) >= 11 is 0. The van der Waals surface area contributed by atoms with Gasteiger partial charge in [-0.3, -0.25) is 0 Å². The molecule has 1 unspecified atom stereocenters. The number of fused-ring (bicyclic) bond motifs is 1. The van der Waals surface area contributed by atoms with E-state index in [2.05, 4.69) is 18.2 Å². The lowest BCUT2D eigenvalue weighted by atomic mass is 9.88. The molecule has 0 aliphatic heterocycles. The minimum atomic E-state index is -0.396. The average molecular weight is 205 g/mol. The lowest BCUT2D eigenvalue weighted by Crippen LogP contribution is -2.34. The first-order valence-electron chi connectivity index (χ1n) is 5.65. The van der Waals surface area contributed by atoms with Crippen molar-refractivity contribution in [1.29, 1.82) is 0 Å². The van der Waals surface area contributed by atoms with E-state index >= 15 is 0 Å². The van der Waals surface area contributed by atoms with Gasteiger partial charge in [0.25, 0.3) is 0 Å². The van der Waals surface area contributed by atoms with E-state index in [9.17, 15) is 0 Å². The third-order valence-electron chi connectivity index (χ3n) is 3.39. The van der Waals surface area contributed by atoms with Gasteiger partial charge in [-0.1, -0.05) is 18.2 Å². The third kappa shape index (κ3) is 2.06. The normalized spacial score (nSPS) is 18.6. The molecule has 2 rings (SSSR count). The Balaban J connectivity index is 2.29. The Bertz CT molecular complexity index is 358. The van der Waals surface area contributed by atoms with Crippen molar-refractivity contribution in [2.45, 2.75) is 38.1 Å². The number of aliphatic hydroxyl groups is 1. The SMILES string of the molecule is CC(N)(CCO)c1ccc2c(c1)CCC2. The van der Waals surface area contributed by atoms with Crippen LogP contribution in [0.15, 0.2) is 18.2 Å². The summed E-state index contributed by atoms with van der Waals surface area (Å²) in [5, 5.41) is 8.98. The second kappa shape index (κ2) is 3.95. The van der Waals surface area contributed by atoms with Gasteiger partial charge in [0.05, 0.1) is 0 Å². The molecule has 1 atom stereocenters. The lowest BCUT2D eigenvalue weighted by molar-refractivity contribution is 0.247. The standard InChI is InChI=1S/C13H19NO/c1-13(14,7-8-15)12-6-5-10-3-2-4-11(10)9-12/h5-6,9,15H,2-4,7-8,14H2,1H3. The Kier molecular flexibility index (Phi) is 2.81. The van der Waals surface area contributed by atoms with E-state index in [0.717, 1.165) is 5.56 Å². The van der Waals surface area contributed by atoms with Crippen molar-refractivity contribution < 1.29 is 5.11 Å². The van der Waals surface area contributed by atoms with Gasteiger partial charge in [0.1, 0.15) is 0 Å². The molecule has 0 fully saturated rings. The van der Waals surface area contributed by atoms with E-state index in [1.165, 1.54) is 30.4 Å². The minimum absolute atomic E-state index is 0.143. The summed E-state index contributed by atoms with van der Waals surface area (Å²) < 4.78 is 0. The van der Waals surface area contributed by atoms with Crippen LogP contribution in [-0.4, -0.2) is 11.7 Å². The Morgan fingerprint density at radius 2 is 2.07 bits per heavy atom. The lowest BCUT2D eigenvalue weighted by Gasteiger charge is -2.25. The van der Waals surface area contributed by atoms with Gasteiger partial charge in [0, 0.05) is 12.1 Å². The Morgan fingerprint density at radius 1 is 1.33 bits per heavy atom. The summed E-state index contributed by atoms with van der Waals surface area (Å²) in [6.45, 7) is 2.13. The fraction of sp³-hybridized carbons (Fsp3) is 0.538. The maximum atomic E-state index is 8.98. The van der Waals surface area contributed by atoms with Gasteiger partial charge < -0.3 is 10.8 Å². The third-order valence-corrected chi connectivity index (χ3v) is 3.39. The number of hydrogen-bond acceptors (Lipinski definition) is 2. The van der Waals surface area contributed by atoms with Gasteiger partial charge in [-0.15, -0.1) is 0 Å². The van der Waals surface area contributed by atoms with E-state index in [4.69, 9.17) is 10.8 Å². The number of aliphatic hydroxyl groups excluding tert-OH is 1. The van der Waals surface area contributed by atoms with Crippen LogP contribution < -0.4 is 5.73 Å². The second-order valence-electron chi connectivity index (χ2n) is 4.73. The van der Waals surface area contributed by atoms with Crippen molar-refractivity contribution in [3.8, 4) is 0 Å². The molecule has 1 aliphatic carbocycles. The molecule has 0 amide bonds. The highest BCUT2D eigenvalue weighted by molar-refractivity contribution is 5.37. The van der Waals surface area contributed by atoms with Crippen molar-refractivity contribution >= 4 is 0 Å². The monoisotopic (exact) mass is 205 g/mol. The zero-order chi connectivity index (χ0) is 10.9. The molecule has 0 spiro atoms. The fourth-order valence-electron chi connectivity index (χ4n) is 2.30. The van der Waals surface area contributed by atoms with Crippen molar-refractivity contribution in [1.82, 2.24) is 0 Å². The predicted molar refractivity (Wildman–Crippen MR) is 61.7 cm³/mol. The molecule has 0 radical (unpaired) electrons. The quantitative estimate of drug-likeness (QED) is 0.789. The molecule has 3 N–H and O–H groups in total. The summed E-state index contributed by atoms with van der Waals surface area (Å²) in [5.74, 6) is 0. The largest absolute Gasteiger partial charge is 0.396 e. The Hall–Kier alpha value is -0.860. The van der Waals surface area contributed by atoms with Crippen LogP contribution in [0.25, 0.3) is 0 Å². The van der Waals surface area contributed by atoms with Crippen LogP contribution in [0.2, 0.25) is 0 Å². The van der Waals surface area contributed by atoms with Crippen molar-refractivity contribution in [2.24, 2.45) is 5.73 Å². The number of aryl methyl sites for hydroxylation is 2. The number of benzene rings is 1. The molecule has 15 heavy (non-hydrogen) atoms.